The van der Waals surface area contributed by atoms with E-state index in [2.05, 4.69) is 5.32 Å². The molecule has 2 N–H and O–H groups in total. The standard InChI is InChI=1S/C24H33N3O5S/c28-16-15-26-23(29)17-21(24(26)30)25-20-13-7-8-14-22(20)33(31,32)27(18-9-3-1-4-10-18)19-11-5-2-6-12-19/h7-8,13-14,17-19,25,28H,1-6,9-12,15-16H2. The number of β-amino-alcohol motifs (C(OH)–C–C–N with tert-alkyl or cyclic N) is 1. The van der Waals surface area contributed by atoms with E-state index in [9.17, 15) is 18.0 Å². The molecule has 1 heterocycles. The Balaban J connectivity index is 1.66. The predicted molar refractivity (Wildman–Crippen MR) is 125 cm³/mol. The van der Waals surface area contributed by atoms with E-state index in [-0.39, 0.29) is 41.5 Å². The van der Waals surface area contributed by atoms with E-state index in [0.717, 1.165) is 75.2 Å². The zero-order chi connectivity index (χ0) is 23.4. The number of carbonyl (C=O) groups is 2. The minimum atomic E-state index is -3.83. The van der Waals surface area contributed by atoms with Gasteiger partial charge in [0.05, 0.1) is 18.8 Å². The Kier molecular flexibility index (Phi) is 7.51. The predicted octanol–water partition coefficient (Wildman–Crippen LogP) is 3.00. The molecule has 0 aromatic heterocycles. The Morgan fingerprint density at radius 3 is 2.09 bits per heavy atom. The lowest BCUT2D eigenvalue weighted by molar-refractivity contribution is -0.137. The molecule has 0 bridgehead atoms. The lowest BCUT2D eigenvalue weighted by Crippen LogP contribution is -2.48. The SMILES string of the molecule is O=C1C=C(Nc2ccccc2S(=O)(=O)N(C2CCCCC2)C2CCCCC2)C(=O)N1CCO. The van der Waals surface area contributed by atoms with Gasteiger partial charge in [-0.2, -0.15) is 4.31 Å². The first-order chi connectivity index (χ1) is 15.9. The van der Waals surface area contributed by atoms with Gasteiger partial charge in [0.1, 0.15) is 10.6 Å². The number of nitrogens with zero attached hydrogens (tertiary/aromatic N) is 2. The van der Waals surface area contributed by atoms with Crippen molar-refractivity contribution in [2.75, 3.05) is 18.5 Å². The summed E-state index contributed by atoms with van der Waals surface area (Å²) in [6, 6.07) is 6.58. The van der Waals surface area contributed by atoms with Crippen LogP contribution >= 0.6 is 0 Å². The van der Waals surface area contributed by atoms with Crippen LogP contribution in [0.5, 0.6) is 0 Å². The van der Waals surface area contributed by atoms with E-state index >= 15 is 0 Å². The zero-order valence-corrected chi connectivity index (χ0v) is 19.7. The number of hydrogen-bond donors (Lipinski definition) is 2. The number of aliphatic hydroxyl groups is 1. The van der Waals surface area contributed by atoms with E-state index in [1.165, 1.54) is 0 Å². The fraction of sp³-hybridized carbons (Fsp3) is 0.583. The average Bonchev–Trinajstić information content (AvgIpc) is 3.08. The molecule has 0 unspecified atom stereocenters. The van der Waals surface area contributed by atoms with E-state index in [0.29, 0.717) is 0 Å². The molecular formula is C24H33N3O5S. The minimum absolute atomic E-state index is 0.00569. The molecule has 180 valence electrons. The summed E-state index contributed by atoms with van der Waals surface area (Å²) in [6.45, 7) is -0.433. The van der Waals surface area contributed by atoms with Crippen LogP contribution in [-0.2, 0) is 19.6 Å². The topological polar surface area (TPSA) is 107 Å². The van der Waals surface area contributed by atoms with E-state index < -0.39 is 21.8 Å². The summed E-state index contributed by atoms with van der Waals surface area (Å²) >= 11 is 0. The third-order valence-corrected chi connectivity index (χ3v) is 8.98. The summed E-state index contributed by atoms with van der Waals surface area (Å²) in [4.78, 5) is 25.8. The molecule has 0 spiro atoms. The first kappa shape index (κ1) is 23.9. The highest BCUT2D eigenvalue weighted by molar-refractivity contribution is 7.89. The number of aliphatic hydroxyl groups excluding tert-OH is 1. The van der Waals surface area contributed by atoms with Gasteiger partial charge in [-0.1, -0.05) is 50.7 Å². The number of carbonyl (C=O) groups excluding carboxylic acids is 2. The van der Waals surface area contributed by atoms with Crippen molar-refractivity contribution in [1.29, 1.82) is 0 Å². The Morgan fingerprint density at radius 2 is 1.52 bits per heavy atom. The number of nitrogens with one attached hydrogen (secondary N) is 1. The van der Waals surface area contributed by atoms with Crippen LogP contribution in [0.15, 0.2) is 40.9 Å². The quantitative estimate of drug-likeness (QED) is 0.560. The van der Waals surface area contributed by atoms with Gasteiger partial charge in [-0.05, 0) is 37.8 Å². The number of sulfonamides is 1. The van der Waals surface area contributed by atoms with Gasteiger partial charge in [-0.25, -0.2) is 8.42 Å². The van der Waals surface area contributed by atoms with Crippen LogP contribution in [0.2, 0.25) is 0 Å². The van der Waals surface area contributed by atoms with Gasteiger partial charge in [0.15, 0.2) is 0 Å². The molecule has 4 rings (SSSR count). The van der Waals surface area contributed by atoms with E-state index in [4.69, 9.17) is 5.11 Å². The van der Waals surface area contributed by atoms with Crippen molar-refractivity contribution >= 4 is 27.5 Å². The molecule has 0 radical (unpaired) electrons. The molecule has 1 aliphatic heterocycles. The monoisotopic (exact) mass is 475 g/mol. The lowest BCUT2D eigenvalue weighted by Gasteiger charge is -2.40. The molecule has 2 amide bonds. The number of para-hydroxylation sites is 1. The second-order valence-electron chi connectivity index (χ2n) is 9.12. The number of imide groups is 1. The Labute approximate surface area is 195 Å². The highest BCUT2D eigenvalue weighted by atomic mass is 32.2. The number of amides is 2. The normalized spacial score (nSPS) is 21.0. The fourth-order valence-corrected chi connectivity index (χ4v) is 7.41. The molecular weight excluding hydrogens is 442 g/mol. The fourth-order valence-electron chi connectivity index (χ4n) is 5.33. The maximum Gasteiger partial charge on any atom is 0.277 e. The maximum absolute atomic E-state index is 14.1. The molecule has 8 nitrogen and oxygen atoms in total. The second-order valence-corrected chi connectivity index (χ2v) is 10.9. The van der Waals surface area contributed by atoms with Gasteiger partial charge < -0.3 is 10.4 Å². The van der Waals surface area contributed by atoms with Crippen LogP contribution in [0.4, 0.5) is 5.69 Å². The van der Waals surface area contributed by atoms with Crippen LogP contribution in [0.3, 0.4) is 0 Å². The molecule has 0 atom stereocenters. The maximum atomic E-state index is 14.1. The smallest absolute Gasteiger partial charge is 0.277 e. The van der Waals surface area contributed by atoms with Crippen molar-refractivity contribution in [3.05, 3.63) is 36.0 Å². The van der Waals surface area contributed by atoms with Gasteiger partial charge in [0, 0.05) is 18.2 Å². The van der Waals surface area contributed by atoms with Gasteiger partial charge in [-0.15, -0.1) is 0 Å². The van der Waals surface area contributed by atoms with Crippen molar-refractivity contribution in [2.24, 2.45) is 0 Å². The highest BCUT2D eigenvalue weighted by Gasteiger charge is 2.40. The number of hydrogen-bond acceptors (Lipinski definition) is 6. The Bertz CT molecular complexity index is 993. The van der Waals surface area contributed by atoms with Crippen LogP contribution in [-0.4, -0.2) is 59.8 Å². The third kappa shape index (κ3) is 5.00. The van der Waals surface area contributed by atoms with Gasteiger partial charge in [-0.3, -0.25) is 14.5 Å². The summed E-state index contributed by atoms with van der Waals surface area (Å²) in [5, 5.41) is 12.0. The summed E-state index contributed by atoms with van der Waals surface area (Å²) in [5.74, 6) is -1.10. The van der Waals surface area contributed by atoms with Crippen molar-refractivity contribution in [3.8, 4) is 0 Å². The van der Waals surface area contributed by atoms with E-state index in [1.807, 2.05) is 0 Å². The average molecular weight is 476 g/mol. The zero-order valence-electron chi connectivity index (χ0n) is 18.9. The minimum Gasteiger partial charge on any atom is -0.395 e. The van der Waals surface area contributed by atoms with Crippen LogP contribution in [0.1, 0.15) is 64.2 Å². The van der Waals surface area contributed by atoms with Crippen LogP contribution < -0.4 is 5.32 Å². The molecule has 2 aliphatic carbocycles. The molecule has 33 heavy (non-hydrogen) atoms. The summed E-state index contributed by atoms with van der Waals surface area (Å²) in [6.07, 6.45) is 11.1. The van der Waals surface area contributed by atoms with Gasteiger partial charge in [0.25, 0.3) is 11.8 Å². The number of benzene rings is 1. The summed E-state index contributed by atoms with van der Waals surface area (Å²) in [7, 11) is -3.83. The van der Waals surface area contributed by atoms with Crippen LogP contribution in [0, 0.1) is 0 Å². The Hall–Kier alpha value is -2.23. The number of rotatable bonds is 8. The van der Waals surface area contributed by atoms with Gasteiger partial charge in [0.2, 0.25) is 10.0 Å². The van der Waals surface area contributed by atoms with Crippen molar-refractivity contribution in [3.63, 3.8) is 0 Å². The summed E-state index contributed by atoms with van der Waals surface area (Å²) < 4.78 is 30.0. The van der Waals surface area contributed by atoms with E-state index in [1.54, 1.807) is 28.6 Å². The molecule has 2 saturated carbocycles. The Morgan fingerprint density at radius 1 is 0.939 bits per heavy atom. The summed E-state index contributed by atoms with van der Waals surface area (Å²) in [5.41, 5.74) is 0.297. The van der Waals surface area contributed by atoms with Crippen LogP contribution in [0.25, 0.3) is 0 Å². The molecule has 0 saturated heterocycles. The largest absolute Gasteiger partial charge is 0.395 e. The first-order valence-corrected chi connectivity index (χ1v) is 13.5. The molecule has 9 heteroatoms. The lowest BCUT2D eigenvalue weighted by atomic mass is 9.91. The first-order valence-electron chi connectivity index (χ1n) is 12.0. The van der Waals surface area contributed by atoms with Gasteiger partial charge >= 0.3 is 0 Å². The molecule has 3 aliphatic rings. The molecule has 2 fully saturated rings. The van der Waals surface area contributed by atoms with Crippen molar-refractivity contribution in [2.45, 2.75) is 81.2 Å². The van der Waals surface area contributed by atoms with Crippen molar-refractivity contribution < 1.29 is 23.1 Å². The second kappa shape index (κ2) is 10.4. The number of anilines is 1. The molecule has 1 aromatic carbocycles. The third-order valence-electron chi connectivity index (χ3n) is 6.91. The molecule has 1 aromatic rings. The highest BCUT2D eigenvalue weighted by Crippen LogP contribution is 2.37. The van der Waals surface area contributed by atoms with Crippen molar-refractivity contribution in [1.82, 2.24) is 9.21 Å².